The van der Waals surface area contributed by atoms with Gasteiger partial charge in [0, 0.05) is 20.2 Å². The topological polar surface area (TPSA) is 85.4 Å². The lowest BCUT2D eigenvalue weighted by molar-refractivity contribution is -0.149. The van der Waals surface area contributed by atoms with Crippen molar-refractivity contribution in [2.24, 2.45) is 0 Å². The molecule has 0 atom stereocenters. The van der Waals surface area contributed by atoms with Gasteiger partial charge in [0.05, 0.1) is 13.2 Å². The lowest BCUT2D eigenvalue weighted by atomic mass is 10.1. The first-order chi connectivity index (χ1) is 14.0. The first kappa shape index (κ1) is 27.2. The zero-order valence-corrected chi connectivity index (χ0v) is 18.7. The van der Waals surface area contributed by atoms with E-state index >= 15 is 0 Å². The van der Waals surface area contributed by atoms with Gasteiger partial charge in [-0.15, -0.1) is 0 Å². The summed E-state index contributed by atoms with van der Waals surface area (Å²) >= 11 is 0. The van der Waals surface area contributed by atoms with Crippen molar-refractivity contribution in [2.75, 3.05) is 53.1 Å². The van der Waals surface area contributed by atoms with Gasteiger partial charge in [0.2, 0.25) is 5.91 Å². The van der Waals surface area contributed by atoms with Crippen molar-refractivity contribution < 1.29 is 28.6 Å². The summed E-state index contributed by atoms with van der Waals surface area (Å²) in [6, 6.07) is 0. The maximum atomic E-state index is 12.5. The van der Waals surface area contributed by atoms with Gasteiger partial charge in [0.25, 0.3) is 0 Å². The number of methoxy groups -OCH3 is 1. The van der Waals surface area contributed by atoms with E-state index in [1.165, 1.54) is 42.6 Å². The number of hydrogen-bond donors (Lipinski definition) is 0. The van der Waals surface area contributed by atoms with Crippen LogP contribution in [0.3, 0.4) is 0 Å². The van der Waals surface area contributed by atoms with E-state index in [0.717, 1.165) is 19.3 Å². The molecule has 0 spiro atoms. The molecule has 0 fully saturated rings. The molecule has 29 heavy (non-hydrogen) atoms. The van der Waals surface area contributed by atoms with Crippen LogP contribution in [-0.2, 0) is 23.8 Å². The zero-order chi connectivity index (χ0) is 21.9. The van der Waals surface area contributed by atoms with Gasteiger partial charge >= 0.3 is 12.1 Å². The molecule has 0 radical (unpaired) electrons. The van der Waals surface area contributed by atoms with E-state index in [0.29, 0.717) is 26.3 Å². The Morgan fingerprint density at radius 3 is 1.90 bits per heavy atom. The van der Waals surface area contributed by atoms with E-state index < -0.39 is 12.1 Å². The highest BCUT2D eigenvalue weighted by molar-refractivity contribution is 5.85. The predicted molar refractivity (Wildman–Crippen MR) is 112 cm³/mol. The highest BCUT2D eigenvalue weighted by Crippen LogP contribution is 2.07. The SMILES string of the molecule is CCCCCCCCCOC(=O)CN(CC)C(=O)CN(CC)C(=O)OCCOC. The third kappa shape index (κ3) is 13.9. The Morgan fingerprint density at radius 2 is 1.31 bits per heavy atom. The van der Waals surface area contributed by atoms with Crippen LogP contribution in [-0.4, -0.2) is 80.9 Å². The van der Waals surface area contributed by atoms with Crippen LogP contribution in [0.5, 0.6) is 0 Å². The number of amides is 2. The number of likely N-dealkylation sites (N-methyl/N-ethyl adjacent to an activating group) is 2. The Bertz CT molecular complexity index is 458. The van der Waals surface area contributed by atoms with Crippen LogP contribution in [0.15, 0.2) is 0 Å². The lowest BCUT2D eigenvalue weighted by Gasteiger charge is -2.25. The lowest BCUT2D eigenvalue weighted by Crippen LogP contribution is -2.45. The Balaban J connectivity index is 4.18. The highest BCUT2D eigenvalue weighted by Gasteiger charge is 2.22. The summed E-state index contributed by atoms with van der Waals surface area (Å²) in [4.78, 5) is 39.2. The van der Waals surface area contributed by atoms with Crippen molar-refractivity contribution in [1.82, 2.24) is 9.80 Å². The van der Waals surface area contributed by atoms with Gasteiger partial charge in [-0.1, -0.05) is 45.4 Å². The smallest absolute Gasteiger partial charge is 0.410 e. The van der Waals surface area contributed by atoms with E-state index in [9.17, 15) is 14.4 Å². The van der Waals surface area contributed by atoms with Gasteiger partial charge in [0.15, 0.2) is 0 Å². The van der Waals surface area contributed by atoms with Crippen molar-refractivity contribution in [3.63, 3.8) is 0 Å². The van der Waals surface area contributed by atoms with Crippen molar-refractivity contribution in [3.8, 4) is 0 Å². The second-order valence-corrected chi connectivity index (χ2v) is 6.87. The van der Waals surface area contributed by atoms with Gasteiger partial charge in [-0.05, 0) is 20.3 Å². The second kappa shape index (κ2) is 18.2. The van der Waals surface area contributed by atoms with E-state index in [2.05, 4.69) is 6.92 Å². The van der Waals surface area contributed by atoms with Gasteiger partial charge in [-0.2, -0.15) is 0 Å². The van der Waals surface area contributed by atoms with Crippen LogP contribution < -0.4 is 0 Å². The molecule has 0 saturated carbocycles. The molecular formula is C21H40N2O6. The maximum absolute atomic E-state index is 12.5. The molecule has 8 heteroatoms. The molecule has 0 aromatic rings. The number of ether oxygens (including phenoxy) is 3. The van der Waals surface area contributed by atoms with E-state index in [1.807, 2.05) is 0 Å². The molecule has 0 aromatic carbocycles. The highest BCUT2D eigenvalue weighted by atomic mass is 16.6. The molecule has 0 unspecified atom stereocenters. The summed E-state index contributed by atoms with van der Waals surface area (Å²) in [5.41, 5.74) is 0. The summed E-state index contributed by atoms with van der Waals surface area (Å²) in [5, 5.41) is 0. The molecule has 0 heterocycles. The third-order valence-electron chi connectivity index (χ3n) is 4.54. The number of esters is 1. The van der Waals surface area contributed by atoms with Gasteiger partial charge in [0.1, 0.15) is 19.7 Å². The van der Waals surface area contributed by atoms with Gasteiger partial charge in [-0.25, -0.2) is 4.79 Å². The van der Waals surface area contributed by atoms with Gasteiger partial charge < -0.3 is 19.1 Å². The van der Waals surface area contributed by atoms with Gasteiger partial charge in [-0.3, -0.25) is 14.5 Å². The number of carbonyl (C=O) groups is 3. The molecule has 0 N–H and O–H groups in total. The Morgan fingerprint density at radius 1 is 0.690 bits per heavy atom. The van der Waals surface area contributed by atoms with Crippen LogP contribution in [0.2, 0.25) is 0 Å². The molecule has 8 nitrogen and oxygen atoms in total. The normalized spacial score (nSPS) is 10.5. The van der Waals surface area contributed by atoms with Crippen LogP contribution in [0, 0.1) is 0 Å². The fourth-order valence-corrected chi connectivity index (χ4v) is 2.70. The number of rotatable bonds is 17. The van der Waals surface area contributed by atoms with E-state index in [4.69, 9.17) is 14.2 Å². The summed E-state index contributed by atoms with van der Waals surface area (Å²) in [6.45, 7) is 6.99. The molecule has 0 aliphatic rings. The molecule has 0 saturated heterocycles. The number of unbranched alkanes of at least 4 members (excludes halogenated alkanes) is 6. The number of hydrogen-bond acceptors (Lipinski definition) is 6. The summed E-state index contributed by atoms with van der Waals surface area (Å²) in [5.74, 6) is -0.734. The van der Waals surface area contributed by atoms with Crippen LogP contribution >= 0.6 is 0 Å². The molecule has 2 amide bonds. The van der Waals surface area contributed by atoms with Crippen LogP contribution in [0.25, 0.3) is 0 Å². The number of nitrogens with zero attached hydrogens (tertiary/aromatic N) is 2. The maximum Gasteiger partial charge on any atom is 0.410 e. The minimum atomic E-state index is -0.574. The quantitative estimate of drug-likeness (QED) is 0.267. The van der Waals surface area contributed by atoms with Crippen LogP contribution in [0.1, 0.15) is 65.7 Å². The fraction of sp³-hybridized carbons (Fsp3) is 0.857. The predicted octanol–water partition coefficient (Wildman–Crippen LogP) is 3.23. The molecule has 170 valence electrons. The van der Waals surface area contributed by atoms with Crippen molar-refractivity contribution in [2.45, 2.75) is 65.7 Å². The Kier molecular flexibility index (Phi) is 17.1. The fourth-order valence-electron chi connectivity index (χ4n) is 2.70. The minimum absolute atomic E-state index is 0.109. The summed E-state index contributed by atoms with van der Waals surface area (Å²) in [7, 11) is 1.51. The Labute approximate surface area is 175 Å². The third-order valence-corrected chi connectivity index (χ3v) is 4.54. The molecule has 0 aromatic heterocycles. The average Bonchev–Trinajstić information content (AvgIpc) is 2.71. The van der Waals surface area contributed by atoms with E-state index in [1.54, 1.807) is 13.8 Å². The van der Waals surface area contributed by atoms with Crippen molar-refractivity contribution in [1.29, 1.82) is 0 Å². The standard InChI is InChI=1S/C21H40N2O6/c1-5-8-9-10-11-12-13-14-28-20(25)18-22(6-2)19(24)17-23(7-3)21(26)29-16-15-27-4/h5-18H2,1-4H3. The summed E-state index contributed by atoms with van der Waals surface area (Å²) < 4.78 is 15.1. The zero-order valence-electron chi connectivity index (χ0n) is 18.7. The monoisotopic (exact) mass is 416 g/mol. The largest absolute Gasteiger partial charge is 0.464 e. The van der Waals surface area contributed by atoms with E-state index in [-0.39, 0.29) is 25.6 Å². The number of carbonyl (C=O) groups excluding carboxylic acids is 3. The summed E-state index contributed by atoms with van der Waals surface area (Å²) in [6.07, 6.45) is 7.46. The van der Waals surface area contributed by atoms with Crippen molar-refractivity contribution >= 4 is 18.0 Å². The molecule has 0 aliphatic carbocycles. The van der Waals surface area contributed by atoms with Crippen LogP contribution in [0.4, 0.5) is 4.79 Å². The molecular weight excluding hydrogens is 376 g/mol. The average molecular weight is 417 g/mol. The molecule has 0 aliphatic heterocycles. The first-order valence-electron chi connectivity index (χ1n) is 10.8. The van der Waals surface area contributed by atoms with Crippen molar-refractivity contribution in [3.05, 3.63) is 0 Å². The molecule has 0 bridgehead atoms. The first-order valence-corrected chi connectivity index (χ1v) is 10.8. The second-order valence-electron chi connectivity index (χ2n) is 6.87. The Hall–Kier alpha value is -1.83. The minimum Gasteiger partial charge on any atom is -0.464 e. The molecule has 0 rings (SSSR count).